The van der Waals surface area contributed by atoms with Crippen LogP contribution >= 0.6 is 0 Å². The molecule has 0 aromatic heterocycles. The van der Waals surface area contributed by atoms with E-state index in [1.807, 2.05) is 0 Å². The van der Waals surface area contributed by atoms with E-state index in [1.165, 1.54) is 54.6 Å². The van der Waals surface area contributed by atoms with E-state index in [0.29, 0.717) is 31.6 Å². The lowest BCUT2D eigenvalue weighted by molar-refractivity contribution is -0.153. The fraction of sp³-hybridized carbons (Fsp3) is 0.182. The zero-order valence-corrected chi connectivity index (χ0v) is 23.7. The molecule has 0 fully saturated rings. The van der Waals surface area contributed by atoms with Crippen molar-refractivity contribution in [1.29, 1.82) is 5.41 Å². The van der Waals surface area contributed by atoms with Gasteiger partial charge in [0, 0.05) is 23.9 Å². The van der Waals surface area contributed by atoms with E-state index < -0.39 is 30.0 Å². The maximum atomic E-state index is 12.7. The van der Waals surface area contributed by atoms with Gasteiger partial charge in [0.25, 0.3) is 0 Å². The maximum absolute atomic E-state index is 12.7. The molecule has 0 aliphatic rings. The second-order valence-electron chi connectivity index (χ2n) is 9.14. The van der Waals surface area contributed by atoms with Crippen molar-refractivity contribution in [2.45, 2.75) is 25.4 Å². The van der Waals surface area contributed by atoms with E-state index in [-0.39, 0.29) is 40.5 Å². The van der Waals surface area contributed by atoms with Crippen LogP contribution < -0.4 is 14.2 Å². The largest absolute Gasteiger partial charge is 0.508 e. The molecule has 3 aromatic carbocycles. The number of phenolic OH excluding ortho intramolecular Hbond substituents is 1. The second kappa shape index (κ2) is 16.7. The summed E-state index contributed by atoms with van der Waals surface area (Å²) in [6.45, 7) is 6.94. The number of phenols is 1. The topological polar surface area (TPSA) is 159 Å². The third-order valence-electron chi connectivity index (χ3n) is 5.96. The molecule has 44 heavy (non-hydrogen) atoms. The van der Waals surface area contributed by atoms with E-state index in [2.05, 4.69) is 13.2 Å². The standard InChI is InChI=1S/C33H31NO10/c1-3-30(36)41-21-28(42-31(37)4-2)7-5-6-18-40-26-14-10-23(11-15-26)33(39)44-29-17-16-27(19-24(29)20-34)43-32(38)22-8-12-25(35)13-9-22/h3-4,8-17,19-20,28,34-35H,1-2,5-7,18,21H2. The van der Waals surface area contributed by atoms with Crippen molar-refractivity contribution >= 4 is 30.1 Å². The monoisotopic (exact) mass is 601 g/mol. The number of carbonyl (C=O) groups excluding carboxylic acids is 4. The van der Waals surface area contributed by atoms with Crippen LogP contribution in [0.3, 0.4) is 0 Å². The molecular weight excluding hydrogens is 570 g/mol. The maximum Gasteiger partial charge on any atom is 0.343 e. The van der Waals surface area contributed by atoms with Gasteiger partial charge >= 0.3 is 23.9 Å². The van der Waals surface area contributed by atoms with Crippen LogP contribution in [0.15, 0.2) is 92.0 Å². The number of hydrogen-bond acceptors (Lipinski definition) is 11. The molecule has 0 saturated heterocycles. The lowest BCUT2D eigenvalue weighted by Gasteiger charge is -2.16. The molecule has 0 spiro atoms. The molecule has 228 valence electrons. The number of esters is 4. The van der Waals surface area contributed by atoms with Crippen LogP contribution in [0, 0.1) is 5.41 Å². The Kier molecular flexibility index (Phi) is 12.4. The van der Waals surface area contributed by atoms with Gasteiger partial charge in [0.1, 0.15) is 35.7 Å². The van der Waals surface area contributed by atoms with Gasteiger partial charge in [-0.2, -0.15) is 0 Å². The van der Waals surface area contributed by atoms with E-state index in [0.717, 1.165) is 18.4 Å². The Morgan fingerprint density at radius 1 is 0.795 bits per heavy atom. The van der Waals surface area contributed by atoms with Crippen LogP contribution in [0.25, 0.3) is 0 Å². The van der Waals surface area contributed by atoms with Gasteiger partial charge in [-0.1, -0.05) is 13.2 Å². The highest BCUT2D eigenvalue weighted by Gasteiger charge is 2.16. The molecule has 11 heteroatoms. The number of ether oxygens (including phenoxy) is 5. The van der Waals surface area contributed by atoms with E-state index in [1.54, 1.807) is 12.1 Å². The first-order chi connectivity index (χ1) is 21.2. The van der Waals surface area contributed by atoms with Crippen LogP contribution in [0.5, 0.6) is 23.0 Å². The van der Waals surface area contributed by atoms with E-state index >= 15 is 0 Å². The molecule has 11 nitrogen and oxygen atoms in total. The second-order valence-corrected chi connectivity index (χ2v) is 9.14. The van der Waals surface area contributed by atoms with Crippen molar-refractivity contribution in [2.24, 2.45) is 0 Å². The van der Waals surface area contributed by atoms with Gasteiger partial charge in [-0.15, -0.1) is 0 Å². The van der Waals surface area contributed by atoms with Crippen LogP contribution in [-0.4, -0.2) is 54.5 Å². The number of carbonyl (C=O) groups is 4. The summed E-state index contributed by atoms with van der Waals surface area (Å²) in [5.74, 6) is -1.76. The van der Waals surface area contributed by atoms with Gasteiger partial charge in [0.2, 0.25) is 0 Å². The average molecular weight is 602 g/mol. The zero-order valence-electron chi connectivity index (χ0n) is 23.7. The van der Waals surface area contributed by atoms with Crippen molar-refractivity contribution in [3.63, 3.8) is 0 Å². The van der Waals surface area contributed by atoms with Gasteiger partial charge in [-0.25, -0.2) is 19.2 Å². The Bertz CT molecular complexity index is 1500. The first-order valence-electron chi connectivity index (χ1n) is 13.5. The van der Waals surface area contributed by atoms with E-state index in [4.69, 9.17) is 29.1 Å². The summed E-state index contributed by atoms with van der Waals surface area (Å²) in [6.07, 6.45) is 4.09. The summed E-state index contributed by atoms with van der Waals surface area (Å²) in [4.78, 5) is 47.9. The Morgan fingerprint density at radius 2 is 1.41 bits per heavy atom. The smallest absolute Gasteiger partial charge is 0.343 e. The molecule has 2 N–H and O–H groups in total. The van der Waals surface area contributed by atoms with Gasteiger partial charge in [0.15, 0.2) is 0 Å². The minimum absolute atomic E-state index is 0.0136. The minimum atomic E-state index is -0.661. The zero-order chi connectivity index (χ0) is 31.9. The predicted molar refractivity (Wildman–Crippen MR) is 159 cm³/mol. The number of benzene rings is 3. The Labute approximate surface area is 253 Å². The average Bonchev–Trinajstić information content (AvgIpc) is 3.04. The van der Waals surface area contributed by atoms with Crippen LogP contribution in [-0.2, 0) is 19.1 Å². The Balaban J connectivity index is 1.48. The summed E-state index contributed by atoms with van der Waals surface area (Å²) in [5, 5.41) is 17.1. The molecule has 3 rings (SSSR count). The van der Waals surface area contributed by atoms with Crippen molar-refractivity contribution in [2.75, 3.05) is 13.2 Å². The molecule has 0 amide bonds. The number of nitrogens with one attached hydrogen (secondary N) is 1. The number of rotatable bonds is 16. The summed E-state index contributed by atoms with van der Waals surface area (Å²) < 4.78 is 26.7. The van der Waals surface area contributed by atoms with Gasteiger partial charge in [0.05, 0.1) is 17.7 Å². The number of hydrogen-bond donors (Lipinski definition) is 2. The summed E-state index contributed by atoms with van der Waals surface area (Å²) in [5.41, 5.74) is 0.692. The van der Waals surface area contributed by atoms with Crippen molar-refractivity contribution in [3.8, 4) is 23.0 Å². The first kappa shape index (κ1) is 32.8. The van der Waals surface area contributed by atoms with Crippen LogP contribution in [0.2, 0.25) is 0 Å². The fourth-order valence-electron chi connectivity index (χ4n) is 3.69. The Morgan fingerprint density at radius 3 is 2.05 bits per heavy atom. The summed E-state index contributed by atoms with van der Waals surface area (Å²) in [6, 6.07) is 16.1. The molecule has 0 aliphatic heterocycles. The normalized spacial score (nSPS) is 10.9. The van der Waals surface area contributed by atoms with Crippen LogP contribution in [0.4, 0.5) is 0 Å². The van der Waals surface area contributed by atoms with Gasteiger partial charge in [-0.05, 0) is 86.0 Å². The Hall–Kier alpha value is -5.71. The molecule has 0 saturated carbocycles. The molecule has 3 aromatic rings. The quantitative estimate of drug-likeness (QED) is 0.0734. The fourth-order valence-corrected chi connectivity index (χ4v) is 3.69. The third kappa shape index (κ3) is 10.3. The van der Waals surface area contributed by atoms with E-state index in [9.17, 15) is 24.3 Å². The molecule has 0 heterocycles. The van der Waals surface area contributed by atoms with Crippen molar-refractivity contribution in [1.82, 2.24) is 0 Å². The number of unbranched alkanes of at least 4 members (excludes halogenated alkanes) is 1. The third-order valence-corrected chi connectivity index (χ3v) is 5.96. The molecule has 0 radical (unpaired) electrons. The van der Waals surface area contributed by atoms with Gasteiger partial charge < -0.3 is 34.2 Å². The molecule has 1 atom stereocenters. The number of aromatic hydroxyl groups is 1. The highest BCUT2D eigenvalue weighted by atomic mass is 16.6. The molecular formula is C33H31NO10. The highest BCUT2D eigenvalue weighted by molar-refractivity contribution is 5.94. The highest BCUT2D eigenvalue weighted by Crippen LogP contribution is 2.25. The SMILES string of the molecule is C=CC(=O)OCC(CCCCOc1ccc(C(=O)Oc2ccc(OC(=O)c3ccc(O)cc3)cc2C=N)cc1)OC(=O)C=C. The summed E-state index contributed by atoms with van der Waals surface area (Å²) >= 11 is 0. The predicted octanol–water partition coefficient (Wildman–Crippen LogP) is 5.20. The first-order valence-corrected chi connectivity index (χ1v) is 13.5. The lowest BCUT2D eigenvalue weighted by atomic mass is 10.1. The van der Waals surface area contributed by atoms with Crippen molar-refractivity contribution in [3.05, 3.63) is 109 Å². The van der Waals surface area contributed by atoms with Crippen LogP contribution in [0.1, 0.15) is 45.5 Å². The van der Waals surface area contributed by atoms with Gasteiger partial charge in [-0.3, -0.25) is 0 Å². The molecule has 0 bridgehead atoms. The lowest BCUT2D eigenvalue weighted by Crippen LogP contribution is -2.24. The summed E-state index contributed by atoms with van der Waals surface area (Å²) in [7, 11) is 0. The molecule has 1 unspecified atom stereocenters. The minimum Gasteiger partial charge on any atom is -0.508 e. The van der Waals surface area contributed by atoms with Crippen molar-refractivity contribution < 1.29 is 48.0 Å². The molecule has 0 aliphatic carbocycles.